The summed E-state index contributed by atoms with van der Waals surface area (Å²) in [6.07, 6.45) is 2.56. The van der Waals surface area contributed by atoms with Gasteiger partial charge in [0.05, 0.1) is 6.61 Å². The largest absolute Gasteiger partial charge is 0.477 e. The van der Waals surface area contributed by atoms with Crippen molar-refractivity contribution in [1.82, 2.24) is 4.98 Å². The molecule has 0 aliphatic carbocycles. The molecule has 0 saturated heterocycles. The number of thiophene rings is 1. The number of rotatable bonds is 4. The third kappa shape index (κ3) is 2.95. The van der Waals surface area contributed by atoms with Crippen molar-refractivity contribution in [3.8, 4) is 5.88 Å². The Labute approximate surface area is 92.5 Å². The summed E-state index contributed by atoms with van der Waals surface area (Å²) in [6, 6.07) is 7.61. The molecule has 0 unspecified atom stereocenters. The minimum Gasteiger partial charge on any atom is -0.477 e. The molecule has 78 valence electrons. The molecule has 0 spiro atoms. The number of pyridine rings is 1. The summed E-state index contributed by atoms with van der Waals surface area (Å²) < 4.78 is 5.48. The average Bonchev–Trinajstić information content (AvgIpc) is 2.71. The van der Waals surface area contributed by atoms with Crippen LogP contribution < -0.4 is 10.5 Å². The second-order valence-corrected chi connectivity index (χ2v) is 4.14. The van der Waals surface area contributed by atoms with Crippen LogP contribution in [-0.4, -0.2) is 11.6 Å². The molecule has 2 N–H and O–H groups in total. The van der Waals surface area contributed by atoms with Crippen LogP contribution in [0.3, 0.4) is 0 Å². The van der Waals surface area contributed by atoms with Crippen molar-refractivity contribution in [3.63, 3.8) is 0 Å². The molecule has 0 fully saturated rings. The highest BCUT2D eigenvalue weighted by Gasteiger charge is 1.97. The zero-order valence-electron chi connectivity index (χ0n) is 8.22. The summed E-state index contributed by atoms with van der Waals surface area (Å²) in [7, 11) is 0. The Morgan fingerprint density at radius 1 is 1.40 bits per heavy atom. The van der Waals surface area contributed by atoms with Crippen LogP contribution >= 0.6 is 11.3 Å². The third-order valence-corrected chi connectivity index (χ3v) is 2.87. The first-order chi connectivity index (χ1) is 7.34. The second-order valence-electron chi connectivity index (χ2n) is 3.11. The number of anilines is 1. The minimum atomic E-state index is 0.589. The van der Waals surface area contributed by atoms with E-state index in [1.807, 2.05) is 6.07 Å². The van der Waals surface area contributed by atoms with E-state index in [4.69, 9.17) is 10.5 Å². The first kappa shape index (κ1) is 9.98. The molecule has 2 aromatic heterocycles. The molecule has 2 aromatic rings. The summed E-state index contributed by atoms with van der Waals surface area (Å²) >= 11 is 1.74. The smallest absolute Gasteiger partial charge is 0.215 e. The van der Waals surface area contributed by atoms with Crippen molar-refractivity contribution in [2.24, 2.45) is 0 Å². The standard InChI is InChI=1S/C11H12N2OS/c12-9-3-5-13-11(8-9)14-6-4-10-2-1-7-15-10/h1-3,5,7-8H,4,6H2,(H2,12,13). The van der Waals surface area contributed by atoms with Gasteiger partial charge in [-0.15, -0.1) is 11.3 Å². The van der Waals surface area contributed by atoms with E-state index in [0.29, 0.717) is 18.2 Å². The summed E-state index contributed by atoms with van der Waals surface area (Å²) in [5.74, 6) is 0.589. The van der Waals surface area contributed by atoms with E-state index in [1.54, 1.807) is 29.7 Å². The molecule has 0 amide bonds. The van der Waals surface area contributed by atoms with Crippen molar-refractivity contribution in [2.45, 2.75) is 6.42 Å². The van der Waals surface area contributed by atoms with Crippen LogP contribution in [0.4, 0.5) is 5.69 Å². The van der Waals surface area contributed by atoms with E-state index in [2.05, 4.69) is 16.4 Å². The molecule has 2 heterocycles. The van der Waals surface area contributed by atoms with Crippen molar-refractivity contribution in [3.05, 3.63) is 40.7 Å². The summed E-state index contributed by atoms with van der Waals surface area (Å²) in [4.78, 5) is 5.38. The predicted molar refractivity (Wildman–Crippen MR) is 62.2 cm³/mol. The van der Waals surface area contributed by atoms with Crippen molar-refractivity contribution < 1.29 is 4.74 Å². The van der Waals surface area contributed by atoms with Crippen LogP contribution in [0.15, 0.2) is 35.8 Å². The molecule has 0 bridgehead atoms. The van der Waals surface area contributed by atoms with Gasteiger partial charge in [0.15, 0.2) is 0 Å². The van der Waals surface area contributed by atoms with Crippen LogP contribution in [0, 0.1) is 0 Å². The van der Waals surface area contributed by atoms with Crippen molar-refractivity contribution in [2.75, 3.05) is 12.3 Å². The fraction of sp³-hybridized carbons (Fsp3) is 0.182. The van der Waals surface area contributed by atoms with Gasteiger partial charge in [-0.2, -0.15) is 0 Å². The lowest BCUT2D eigenvalue weighted by atomic mass is 10.3. The Hall–Kier alpha value is -1.55. The first-order valence-corrected chi connectivity index (χ1v) is 5.59. The van der Waals surface area contributed by atoms with Gasteiger partial charge < -0.3 is 10.5 Å². The van der Waals surface area contributed by atoms with Gasteiger partial charge in [-0.25, -0.2) is 4.98 Å². The molecule has 0 aliphatic heterocycles. The van der Waals surface area contributed by atoms with Crippen LogP contribution in [-0.2, 0) is 6.42 Å². The van der Waals surface area contributed by atoms with E-state index in [0.717, 1.165) is 6.42 Å². The van der Waals surface area contributed by atoms with Gasteiger partial charge in [-0.1, -0.05) is 6.07 Å². The Morgan fingerprint density at radius 2 is 2.33 bits per heavy atom. The van der Waals surface area contributed by atoms with Gasteiger partial charge in [0.25, 0.3) is 0 Å². The first-order valence-electron chi connectivity index (χ1n) is 4.71. The Bertz CT molecular complexity index is 414. The van der Waals surface area contributed by atoms with Crippen LogP contribution in [0.1, 0.15) is 4.88 Å². The molecule has 0 aliphatic rings. The van der Waals surface area contributed by atoms with Crippen molar-refractivity contribution >= 4 is 17.0 Å². The van der Waals surface area contributed by atoms with Gasteiger partial charge >= 0.3 is 0 Å². The van der Waals surface area contributed by atoms with Gasteiger partial charge in [0, 0.05) is 29.2 Å². The van der Waals surface area contributed by atoms with E-state index >= 15 is 0 Å². The highest BCUT2D eigenvalue weighted by Crippen LogP contribution is 2.12. The zero-order chi connectivity index (χ0) is 10.5. The third-order valence-electron chi connectivity index (χ3n) is 1.94. The maximum absolute atomic E-state index is 5.61. The fourth-order valence-corrected chi connectivity index (χ4v) is 1.90. The maximum Gasteiger partial charge on any atom is 0.215 e. The zero-order valence-corrected chi connectivity index (χ0v) is 9.04. The van der Waals surface area contributed by atoms with Gasteiger partial charge in [0.2, 0.25) is 5.88 Å². The number of hydrogen-bond acceptors (Lipinski definition) is 4. The molecule has 0 atom stereocenters. The molecule has 2 rings (SSSR count). The molecular weight excluding hydrogens is 208 g/mol. The highest BCUT2D eigenvalue weighted by molar-refractivity contribution is 7.09. The number of ether oxygens (including phenoxy) is 1. The predicted octanol–water partition coefficient (Wildman–Crippen LogP) is 2.35. The maximum atomic E-state index is 5.61. The van der Waals surface area contributed by atoms with Gasteiger partial charge in [-0.3, -0.25) is 0 Å². The lowest BCUT2D eigenvalue weighted by Gasteiger charge is -2.04. The number of hydrogen-bond donors (Lipinski definition) is 1. The molecular formula is C11H12N2OS. The quantitative estimate of drug-likeness (QED) is 0.860. The molecule has 15 heavy (non-hydrogen) atoms. The minimum absolute atomic E-state index is 0.589. The summed E-state index contributed by atoms with van der Waals surface area (Å²) in [6.45, 7) is 0.636. The Balaban J connectivity index is 1.83. The van der Waals surface area contributed by atoms with Crippen molar-refractivity contribution in [1.29, 1.82) is 0 Å². The average molecular weight is 220 g/mol. The molecule has 0 radical (unpaired) electrons. The van der Waals surface area contributed by atoms with Crippen LogP contribution in [0.5, 0.6) is 5.88 Å². The normalized spacial score (nSPS) is 10.1. The number of nitrogens with zero attached hydrogens (tertiary/aromatic N) is 1. The molecule has 0 aromatic carbocycles. The molecule has 3 nitrogen and oxygen atoms in total. The summed E-state index contributed by atoms with van der Waals surface area (Å²) in [5, 5.41) is 2.06. The number of nitrogen functional groups attached to an aromatic ring is 1. The van der Waals surface area contributed by atoms with E-state index < -0.39 is 0 Å². The molecule has 4 heteroatoms. The van der Waals surface area contributed by atoms with E-state index in [9.17, 15) is 0 Å². The number of aromatic nitrogens is 1. The SMILES string of the molecule is Nc1ccnc(OCCc2cccs2)c1. The monoisotopic (exact) mass is 220 g/mol. The number of nitrogens with two attached hydrogens (primary N) is 1. The fourth-order valence-electron chi connectivity index (χ4n) is 1.21. The highest BCUT2D eigenvalue weighted by atomic mass is 32.1. The summed E-state index contributed by atoms with van der Waals surface area (Å²) in [5.41, 5.74) is 6.28. The van der Waals surface area contributed by atoms with E-state index in [-0.39, 0.29) is 0 Å². The van der Waals surface area contributed by atoms with Crippen LogP contribution in [0.2, 0.25) is 0 Å². The Morgan fingerprint density at radius 3 is 3.07 bits per heavy atom. The van der Waals surface area contributed by atoms with Gasteiger partial charge in [0.1, 0.15) is 0 Å². The van der Waals surface area contributed by atoms with Gasteiger partial charge in [-0.05, 0) is 17.5 Å². The van der Waals surface area contributed by atoms with Crippen LogP contribution in [0.25, 0.3) is 0 Å². The molecule has 0 saturated carbocycles. The van der Waals surface area contributed by atoms with E-state index in [1.165, 1.54) is 4.88 Å². The second kappa shape index (κ2) is 4.79. The lowest BCUT2D eigenvalue weighted by molar-refractivity contribution is 0.311. The topological polar surface area (TPSA) is 48.1 Å². The lowest BCUT2D eigenvalue weighted by Crippen LogP contribution is -2.01. The Kier molecular flexibility index (Phi) is 3.19.